The average molecular weight is 218 g/mol. The second-order valence-corrected chi connectivity index (χ2v) is 4.53. The molecule has 0 radical (unpaired) electrons. The molecular weight excluding hydrogens is 196 g/mol. The van der Waals surface area contributed by atoms with E-state index in [1.807, 2.05) is 0 Å². The Kier molecular flexibility index (Phi) is 4.23. The molecule has 2 N–H and O–H groups in total. The number of nitrogens with one attached hydrogen (secondary N) is 2. The predicted molar refractivity (Wildman–Crippen MR) is 70.0 cm³/mol. The van der Waals surface area contributed by atoms with Crippen LogP contribution < -0.4 is 10.6 Å². The van der Waals surface area contributed by atoms with Gasteiger partial charge in [0.05, 0.1) is 0 Å². The standard InChI is InChI=1S/C14H22N2/c1-2-12-6-3-4-8-14(12)16-13-7-5-10-15-11-9-13/h3-4,6,8,13,15-16H,2,5,7,9-11H2,1H3. The molecule has 0 aromatic heterocycles. The quantitative estimate of drug-likeness (QED) is 0.815. The molecule has 2 heteroatoms. The Balaban J connectivity index is 2.01. The first-order valence-corrected chi connectivity index (χ1v) is 6.45. The van der Waals surface area contributed by atoms with Gasteiger partial charge in [0.2, 0.25) is 0 Å². The van der Waals surface area contributed by atoms with Crippen molar-refractivity contribution < 1.29 is 0 Å². The molecule has 0 saturated carbocycles. The van der Waals surface area contributed by atoms with Crippen LogP contribution in [0.2, 0.25) is 0 Å². The smallest absolute Gasteiger partial charge is 0.0374 e. The van der Waals surface area contributed by atoms with Crippen molar-refractivity contribution >= 4 is 5.69 Å². The SMILES string of the molecule is CCc1ccccc1NC1CCCNCC1. The summed E-state index contributed by atoms with van der Waals surface area (Å²) in [7, 11) is 0. The monoisotopic (exact) mass is 218 g/mol. The zero-order valence-corrected chi connectivity index (χ0v) is 10.1. The molecule has 2 rings (SSSR count). The normalized spacial score (nSPS) is 21.4. The van der Waals surface area contributed by atoms with E-state index >= 15 is 0 Å². The number of benzene rings is 1. The Labute approximate surface area is 98.4 Å². The number of hydrogen-bond acceptors (Lipinski definition) is 2. The van der Waals surface area contributed by atoms with Gasteiger partial charge < -0.3 is 10.6 Å². The molecule has 1 heterocycles. The molecule has 1 aromatic rings. The first-order valence-electron chi connectivity index (χ1n) is 6.45. The van der Waals surface area contributed by atoms with Crippen LogP contribution in [0, 0.1) is 0 Å². The van der Waals surface area contributed by atoms with Crippen LogP contribution in [-0.4, -0.2) is 19.1 Å². The van der Waals surface area contributed by atoms with Crippen LogP contribution in [-0.2, 0) is 6.42 Å². The van der Waals surface area contributed by atoms with Gasteiger partial charge in [-0.25, -0.2) is 0 Å². The van der Waals surface area contributed by atoms with E-state index in [1.54, 1.807) is 0 Å². The maximum atomic E-state index is 3.70. The Morgan fingerprint density at radius 2 is 2.12 bits per heavy atom. The molecule has 1 aliphatic rings. The van der Waals surface area contributed by atoms with Crippen LogP contribution in [0.4, 0.5) is 5.69 Å². The van der Waals surface area contributed by atoms with E-state index in [1.165, 1.54) is 37.1 Å². The molecule has 0 amide bonds. The van der Waals surface area contributed by atoms with Crippen molar-refractivity contribution in [3.05, 3.63) is 29.8 Å². The summed E-state index contributed by atoms with van der Waals surface area (Å²) in [6, 6.07) is 9.31. The highest BCUT2D eigenvalue weighted by Crippen LogP contribution is 2.19. The van der Waals surface area contributed by atoms with E-state index in [2.05, 4.69) is 41.8 Å². The van der Waals surface area contributed by atoms with Gasteiger partial charge >= 0.3 is 0 Å². The highest BCUT2D eigenvalue weighted by atomic mass is 14.9. The van der Waals surface area contributed by atoms with Gasteiger partial charge in [-0.05, 0) is 50.4 Å². The fourth-order valence-corrected chi connectivity index (χ4v) is 2.35. The van der Waals surface area contributed by atoms with Crippen molar-refractivity contribution in [2.75, 3.05) is 18.4 Å². The van der Waals surface area contributed by atoms with Gasteiger partial charge in [0, 0.05) is 11.7 Å². The lowest BCUT2D eigenvalue weighted by atomic mass is 10.1. The highest BCUT2D eigenvalue weighted by Gasteiger charge is 2.12. The van der Waals surface area contributed by atoms with Gasteiger partial charge in [-0.2, -0.15) is 0 Å². The lowest BCUT2D eigenvalue weighted by Gasteiger charge is -2.19. The Hall–Kier alpha value is -1.02. The van der Waals surface area contributed by atoms with Crippen LogP contribution in [0.1, 0.15) is 31.7 Å². The molecule has 0 spiro atoms. The van der Waals surface area contributed by atoms with Crippen molar-refractivity contribution in [2.24, 2.45) is 0 Å². The topological polar surface area (TPSA) is 24.1 Å². The number of aryl methyl sites for hydroxylation is 1. The molecule has 0 bridgehead atoms. The summed E-state index contributed by atoms with van der Waals surface area (Å²) in [6.07, 6.45) is 4.91. The van der Waals surface area contributed by atoms with E-state index < -0.39 is 0 Å². The van der Waals surface area contributed by atoms with Crippen LogP contribution in [0.5, 0.6) is 0 Å². The molecule has 16 heavy (non-hydrogen) atoms. The van der Waals surface area contributed by atoms with Crippen molar-refractivity contribution in [1.29, 1.82) is 0 Å². The third-order valence-electron chi connectivity index (χ3n) is 3.33. The van der Waals surface area contributed by atoms with Gasteiger partial charge in [0.25, 0.3) is 0 Å². The van der Waals surface area contributed by atoms with E-state index in [0.717, 1.165) is 13.0 Å². The molecule has 2 nitrogen and oxygen atoms in total. The second-order valence-electron chi connectivity index (χ2n) is 4.53. The average Bonchev–Trinajstić information content (AvgIpc) is 2.58. The Morgan fingerprint density at radius 1 is 1.25 bits per heavy atom. The van der Waals surface area contributed by atoms with E-state index in [0.29, 0.717) is 6.04 Å². The molecule has 1 atom stereocenters. The third kappa shape index (κ3) is 2.99. The van der Waals surface area contributed by atoms with E-state index in [9.17, 15) is 0 Å². The zero-order chi connectivity index (χ0) is 11.2. The summed E-state index contributed by atoms with van der Waals surface area (Å²) in [5.74, 6) is 0. The van der Waals surface area contributed by atoms with Crippen molar-refractivity contribution in [3.8, 4) is 0 Å². The van der Waals surface area contributed by atoms with Gasteiger partial charge in [0.15, 0.2) is 0 Å². The second kappa shape index (κ2) is 5.90. The first-order chi connectivity index (χ1) is 7.90. The summed E-state index contributed by atoms with van der Waals surface area (Å²) >= 11 is 0. The number of para-hydroxylation sites is 1. The van der Waals surface area contributed by atoms with Gasteiger partial charge in [-0.3, -0.25) is 0 Å². The number of rotatable bonds is 3. The molecule has 1 fully saturated rings. The summed E-state index contributed by atoms with van der Waals surface area (Å²) < 4.78 is 0. The van der Waals surface area contributed by atoms with Crippen LogP contribution >= 0.6 is 0 Å². The first kappa shape index (κ1) is 11.5. The molecular formula is C14H22N2. The predicted octanol–water partition coefficient (Wildman–Crippen LogP) is 2.80. The number of anilines is 1. The van der Waals surface area contributed by atoms with Crippen LogP contribution in [0.25, 0.3) is 0 Å². The molecule has 1 unspecified atom stereocenters. The zero-order valence-electron chi connectivity index (χ0n) is 10.1. The van der Waals surface area contributed by atoms with Crippen molar-refractivity contribution in [1.82, 2.24) is 5.32 Å². The van der Waals surface area contributed by atoms with Crippen LogP contribution in [0.15, 0.2) is 24.3 Å². The van der Waals surface area contributed by atoms with Gasteiger partial charge in [-0.1, -0.05) is 25.1 Å². The number of hydrogen-bond donors (Lipinski definition) is 2. The molecule has 88 valence electrons. The van der Waals surface area contributed by atoms with Crippen LogP contribution in [0.3, 0.4) is 0 Å². The minimum absolute atomic E-state index is 0.641. The summed E-state index contributed by atoms with van der Waals surface area (Å²) in [6.45, 7) is 4.54. The maximum absolute atomic E-state index is 3.70. The van der Waals surface area contributed by atoms with Gasteiger partial charge in [0.1, 0.15) is 0 Å². The lowest BCUT2D eigenvalue weighted by Crippen LogP contribution is -2.22. The van der Waals surface area contributed by atoms with Crippen molar-refractivity contribution in [3.63, 3.8) is 0 Å². The fourth-order valence-electron chi connectivity index (χ4n) is 2.35. The van der Waals surface area contributed by atoms with E-state index in [-0.39, 0.29) is 0 Å². The lowest BCUT2D eigenvalue weighted by molar-refractivity contribution is 0.637. The third-order valence-corrected chi connectivity index (χ3v) is 3.33. The highest BCUT2D eigenvalue weighted by molar-refractivity contribution is 5.51. The minimum atomic E-state index is 0.641. The van der Waals surface area contributed by atoms with Crippen molar-refractivity contribution in [2.45, 2.75) is 38.6 Å². The summed E-state index contributed by atoms with van der Waals surface area (Å²) in [5.41, 5.74) is 2.76. The van der Waals surface area contributed by atoms with E-state index in [4.69, 9.17) is 0 Å². The Morgan fingerprint density at radius 3 is 3.00 bits per heavy atom. The molecule has 1 saturated heterocycles. The minimum Gasteiger partial charge on any atom is -0.382 e. The van der Waals surface area contributed by atoms with Gasteiger partial charge in [-0.15, -0.1) is 0 Å². The maximum Gasteiger partial charge on any atom is 0.0374 e. The Bertz CT molecular complexity index is 314. The molecule has 1 aliphatic heterocycles. The summed E-state index contributed by atoms with van der Waals surface area (Å²) in [5, 5.41) is 7.15. The fraction of sp³-hybridized carbons (Fsp3) is 0.571. The molecule has 1 aromatic carbocycles. The summed E-state index contributed by atoms with van der Waals surface area (Å²) in [4.78, 5) is 0. The molecule has 0 aliphatic carbocycles. The largest absolute Gasteiger partial charge is 0.382 e.